The molecule has 0 aliphatic rings. The molecule has 0 spiro atoms. The van der Waals surface area contributed by atoms with Crippen molar-refractivity contribution in [1.82, 2.24) is 5.32 Å². The minimum Gasteiger partial charge on any atom is -0.379 e. The first kappa shape index (κ1) is 27.0. The lowest BCUT2D eigenvalue weighted by Gasteiger charge is -2.19. The van der Waals surface area contributed by atoms with Crippen LogP contribution in [0.4, 0.5) is 0 Å². The number of hydrogen-bond donors (Lipinski definition) is 5. The Balaban J connectivity index is 3.66. The highest BCUT2D eigenvalue weighted by molar-refractivity contribution is 7.70. The number of nitrogens with zero attached hydrogens (tertiary/aromatic N) is 3. The largest absolute Gasteiger partial charge is 0.379 e. The number of ether oxygens (including phenoxy) is 3. The van der Waals surface area contributed by atoms with Gasteiger partial charge in [0.05, 0.1) is 39.6 Å². The van der Waals surface area contributed by atoms with E-state index >= 15 is 0 Å². The van der Waals surface area contributed by atoms with Crippen LogP contribution in [0, 0.1) is 0 Å². The monoisotopic (exact) mass is 448 g/mol. The van der Waals surface area contributed by atoms with Crippen LogP contribution in [0.5, 0.6) is 0 Å². The van der Waals surface area contributed by atoms with E-state index in [4.69, 9.17) is 39.3 Å². The van der Waals surface area contributed by atoms with Gasteiger partial charge in [-0.05, 0) is 12.0 Å². The molecule has 0 aliphatic heterocycles. The summed E-state index contributed by atoms with van der Waals surface area (Å²) in [6, 6.07) is 0. The summed E-state index contributed by atoms with van der Waals surface area (Å²) in [5.41, 5.74) is 8.05. The summed E-state index contributed by atoms with van der Waals surface area (Å²) >= 11 is 0. The molecule has 28 heavy (non-hydrogen) atoms. The molecule has 0 aromatic heterocycles. The lowest BCUT2D eigenvalue weighted by Crippen LogP contribution is -2.28. The highest BCUT2D eigenvalue weighted by atomic mass is 31.2. The van der Waals surface area contributed by atoms with Gasteiger partial charge in [0.1, 0.15) is 0 Å². The van der Waals surface area contributed by atoms with E-state index in [0.717, 1.165) is 0 Å². The molecule has 0 atom stereocenters. The second kappa shape index (κ2) is 14.9. The first-order valence-electron chi connectivity index (χ1n) is 8.20. The van der Waals surface area contributed by atoms with E-state index < -0.39 is 39.3 Å². The Morgan fingerprint density at radius 3 is 1.96 bits per heavy atom. The van der Waals surface area contributed by atoms with E-state index in [1.807, 2.05) is 0 Å². The van der Waals surface area contributed by atoms with Crippen LogP contribution in [-0.4, -0.2) is 83.6 Å². The molecule has 0 aromatic rings. The lowest BCUT2D eigenvalue weighted by molar-refractivity contribution is -0.121. The zero-order chi connectivity index (χ0) is 21.5. The highest BCUT2D eigenvalue weighted by Gasteiger charge is 2.43. The minimum atomic E-state index is -5.02. The summed E-state index contributed by atoms with van der Waals surface area (Å²) in [6.07, 6.45) is -1.08. The molecule has 0 unspecified atom stereocenters. The van der Waals surface area contributed by atoms with E-state index in [2.05, 4.69) is 15.3 Å². The standard InChI is InChI=1S/C12H26N4O10P2/c13-16-15-4-6-25-8-10-26-9-7-24-5-3-14-11(17)1-2-12(27(18,19)20)28(21,22)23/h12H,1-10H2,(H,14,17)(H2,18,19,20)(H2,21,22,23). The van der Waals surface area contributed by atoms with Gasteiger partial charge >= 0.3 is 15.2 Å². The van der Waals surface area contributed by atoms with Gasteiger partial charge in [-0.1, -0.05) is 5.11 Å². The van der Waals surface area contributed by atoms with Crippen LogP contribution < -0.4 is 5.32 Å². The van der Waals surface area contributed by atoms with Crippen molar-refractivity contribution in [2.24, 2.45) is 5.11 Å². The second-order valence-corrected chi connectivity index (χ2v) is 9.35. The molecular weight excluding hydrogens is 422 g/mol. The molecule has 5 N–H and O–H groups in total. The predicted molar refractivity (Wildman–Crippen MR) is 96.6 cm³/mol. The van der Waals surface area contributed by atoms with Crippen molar-refractivity contribution in [2.75, 3.05) is 52.7 Å². The smallest absolute Gasteiger partial charge is 0.340 e. The zero-order valence-electron chi connectivity index (χ0n) is 15.1. The third-order valence-electron chi connectivity index (χ3n) is 3.12. The van der Waals surface area contributed by atoms with Crippen LogP contribution in [0.25, 0.3) is 10.4 Å². The Kier molecular flexibility index (Phi) is 14.3. The Morgan fingerprint density at radius 1 is 0.964 bits per heavy atom. The summed E-state index contributed by atoms with van der Waals surface area (Å²) in [5, 5.41) is 3.52. The molecule has 0 saturated carbocycles. The van der Waals surface area contributed by atoms with Crippen molar-refractivity contribution >= 4 is 21.1 Å². The van der Waals surface area contributed by atoms with Crippen molar-refractivity contribution in [1.29, 1.82) is 0 Å². The first-order chi connectivity index (χ1) is 13.1. The Labute approximate surface area is 161 Å². The second-order valence-electron chi connectivity index (χ2n) is 5.34. The van der Waals surface area contributed by atoms with Crippen LogP contribution in [-0.2, 0) is 28.1 Å². The lowest BCUT2D eigenvalue weighted by atomic mass is 10.3. The van der Waals surface area contributed by atoms with Gasteiger partial charge in [0.25, 0.3) is 0 Å². The van der Waals surface area contributed by atoms with Crippen LogP contribution in [0.1, 0.15) is 12.8 Å². The maximum absolute atomic E-state index is 11.6. The minimum absolute atomic E-state index is 0.123. The number of carbonyl (C=O) groups is 1. The third-order valence-corrected chi connectivity index (χ3v) is 6.99. The third kappa shape index (κ3) is 14.9. The van der Waals surface area contributed by atoms with Gasteiger partial charge in [-0.15, -0.1) is 0 Å². The summed E-state index contributed by atoms with van der Waals surface area (Å²) in [4.78, 5) is 50.0. The maximum atomic E-state index is 11.6. The SMILES string of the molecule is [N-]=[N+]=NCCOCCOCCOCCNC(=O)CCC(P(=O)(O)O)P(=O)(O)O. The average Bonchev–Trinajstić information content (AvgIpc) is 2.56. The number of carbonyl (C=O) groups excluding carboxylic acids is 1. The quantitative estimate of drug-likeness (QED) is 0.0655. The molecular formula is C12H26N4O10P2. The van der Waals surface area contributed by atoms with E-state index in [-0.39, 0.29) is 26.3 Å². The molecule has 0 heterocycles. The highest BCUT2D eigenvalue weighted by Crippen LogP contribution is 2.61. The fourth-order valence-electron chi connectivity index (χ4n) is 1.84. The number of amides is 1. The molecule has 0 bridgehead atoms. The van der Waals surface area contributed by atoms with Crippen molar-refractivity contribution in [3.8, 4) is 0 Å². The van der Waals surface area contributed by atoms with Gasteiger partial charge in [0.15, 0.2) is 5.40 Å². The number of azide groups is 1. The normalized spacial score (nSPS) is 12.0. The van der Waals surface area contributed by atoms with Gasteiger partial charge in [-0.2, -0.15) is 0 Å². The van der Waals surface area contributed by atoms with E-state index in [0.29, 0.717) is 26.4 Å². The van der Waals surface area contributed by atoms with Crippen molar-refractivity contribution < 1.29 is 47.7 Å². The fourth-order valence-corrected chi connectivity index (χ4v) is 4.33. The summed E-state index contributed by atoms with van der Waals surface area (Å²) in [7, 11) is -10.0. The number of rotatable bonds is 17. The van der Waals surface area contributed by atoms with Gasteiger partial charge in [-0.3, -0.25) is 13.9 Å². The van der Waals surface area contributed by atoms with E-state index in [1.165, 1.54) is 0 Å². The molecule has 0 aliphatic carbocycles. The molecule has 0 radical (unpaired) electrons. The molecule has 0 rings (SSSR count). The maximum Gasteiger partial charge on any atom is 0.340 e. The molecule has 0 aromatic carbocycles. The van der Waals surface area contributed by atoms with E-state index in [9.17, 15) is 13.9 Å². The average molecular weight is 448 g/mol. The van der Waals surface area contributed by atoms with Crippen LogP contribution >= 0.6 is 15.2 Å². The van der Waals surface area contributed by atoms with Crippen molar-refractivity contribution in [3.05, 3.63) is 10.4 Å². The summed E-state index contributed by atoms with van der Waals surface area (Å²) < 4.78 is 37.7. The Hall–Kier alpha value is -1.04. The fraction of sp³-hybridized carbons (Fsp3) is 0.917. The van der Waals surface area contributed by atoms with Crippen molar-refractivity contribution in [3.63, 3.8) is 0 Å². The molecule has 1 amide bonds. The summed E-state index contributed by atoms with van der Waals surface area (Å²) in [6.45, 7) is 2.12. The van der Waals surface area contributed by atoms with Gasteiger partial charge in [0, 0.05) is 24.4 Å². The Bertz CT molecular complexity index is 567. The topological polar surface area (TPSA) is 221 Å². The summed E-state index contributed by atoms with van der Waals surface area (Å²) in [5.74, 6) is -0.607. The first-order valence-corrected chi connectivity index (χ1v) is 11.6. The van der Waals surface area contributed by atoms with Gasteiger partial charge in [0.2, 0.25) is 5.91 Å². The molecule has 14 nitrogen and oxygen atoms in total. The molecule has 164 valence electrons. The molecule has 0 saturated heterocycles. The molecule has 16 heteroatoms. The van der Waals surface area contributed by atoms with Crippen LogP contribution in [0.3, 0.4) is 0 Å². The Morgan fingerprint density at radius 2 is 1.46 bits per heavy atom. The number of hydrogen-bond acceptors (Lipinski definition) is 7. The van der Waals surface area contributed by atoms with Crippen LogP contribution in [0.2, 0.25) is 0 Å². The number of nitrogens with one attached hydrogen (secondary N) is 1. The van der Waals surface area contributed by atoms with Crippen molar-refractivity contribution in [2.45, 2.75) is 18.2 Å². The molecule has 0 fully saturated rings. The predicted octanol–water partition coefficient (Wildman–Crippen LogP) is -0.0756. The van der Waals surface area contributed by atoms with Crippen LogP contribution in [0.15, 0.2) is 5.11 Å². The zero-order valence-corrected chi connectivity index (χ0v) is 16.9. The van der Waals surface area contributed by atoms with Gasteiger partial charge < -0.3 is 39.1 Å². The van der Waals surface area contributed by atoms with E-state index in [1.54, 1.807) is 0 Å². The van der Waals surface area contributed by atoms with Gasteiger partial charge in [-0.25, -0.2) is 0 Å².